The van der Waals surface area contributed by atoms with Gasteiger partial charge in [-0.25, -0.2) is 8.42 Å². The van der Waals surface area contributed by atoms with Crippen molar-refractivity contribution in [3.63, 3.8) is 0 Å². The first-order valence-corrected chi connectivity index (χ1v) is 7.30. The molecule has 1 aliphatic rings. The number of halogens is 1. The third kappa shape index (κ3) is 2.33. The predicted molar refractivity (Wildman–Crippen MR) is 65.3 cm³/mol. The highest BCUT2D eigenvalue weighted by atomic mass is 35.5. The second kappa shape index (κ2) is 4.26. The summed E-state index contributed by atoms with van der Waals surface area (Å²) in [5, 5.41) is 0.258. The molecule has 0 heterocycles. The van der Waals surface area contributed by atoms with Crippen molar-refractivity contribution in [2.45, 2.75) is 24.2 Å². The van der Waals surface area contributed by atoms with E-state index < -0.39 is 9.84 Å². The molecule has 0 spiro atoms. The van der Waals surface area contributed by atoms with Crippen molar-refractivity contribution in [1.82, 2.24) is 0 Å². The summed E-state index contributed by atoms with van der Waals surface area (Å²) in [5.74, 6) is 0.485. The molecular weight excluding hydrogens is 246 g/mol. The standard InChI is InChI=1S/C11H14ClNO2S/c12-10-5-4-9(13)6-11(10)16(14,15)7-8-2-1-3-8/h4-6,8H,1-3,7,13H2. The lowest BCUT2D eigenvalue weighted by molar-refractivity contribution is 0.347. The van der Waals surface area contributed by atoms with Crippen LogP contribution in [0.25, 0.3) is 0 Å². The molecule has 16 heavy (non-hydrogen) atoms. The fourth-order valence-electron chi connectivity index (χ4n) is 1.82. The summed E-state index contributed by atoms with van der Waals surface area (Å²) in [7, 11) is -3.29. The SMILES string of the molecule is Nc1ccc(Cl)c(S(=O)(=O)CC2CCC2)c1. The monoisotopic (exact) mass is 259 g/mol. The van der Waals surface area contributed by atoms with Crippen LogP contribution in [0.2, 0.25) is 5.02 Å². The van der Waals surface area contributed by atoms with Gasteiger partial charge < -0.3 is 5.73 Å². The van der Waals surface area contributed by atoms with Gasteiger partial charge in [-0.05, 0) is 37.0 Å². The molecule has 2 rings (SSSR count). The van der Waals surface area contributed by atoms with Crippen LogP contribution >= 0.6 is 11.6 Å². The molecule has 0 saturated heterocycles. The molecule has 88 valence electrons. The van der Waals surface area contributed by atoms with Gasteiger partial charge in [0.1, 0.15) is 0 Å². The number of hydrogen-bond acceptors (Lipinski definition) is 3. The van der Waals surface area contributed by atoms with Crippen LogP contribution in [0.4, 0.5) is 5.69 Å². The van der Waals surface area contributed by atoms with Crippen molar-refractivity contribution in [3.05, 3.63) is 23.2 Å². The Hall–Kier alpha value is -0.740. The van der Waals surface area contributed by atoms with E-state index in [0.717, 1.165) is 19.3 Å². The molecule has 1 aromatic rings. The quantitative estimate of drug-likeness (QED) is 0.849. The number of nitrogen functional groups attached to an aromatic ring is 1. The molecule has 1 fully saturated rings. The predicted octanol–water partition coefficient (Wildman–Crippen LogP) is 2.50. The van der Waals surface area contributed by atoms with Gasteiger partial charge in [0.05, 0.1) is 15.7 Å². The molecule has 0 radical (unpaired) electrons. The van der Waals surface area contributed by atoms with Gasteiger partial charge in [0.15, 0.2) is 9.84 Å². The lowest BCUT2D eigenvalue weighted by Gasteiger charge is -2.25. The average molecular weight is 260 g/mol. The smallest absolute Gasteiger partial charge is 0.180 e. The third-order valence-electron chi connectivity index (χ3n) is 2.97. The summed E-state index contributed by atoms with van der Waals surface area (Å²) >= 11 is 5.89. The minimum Gasteiger partial charge on any atom is -0.399 e. The largest absolute Gasteiger partial charge is 0.399 e. The highest BCUT2D eigenvalue weighted by molar-refractivity contribution is 7.91. The second-order valence-electron chi connectivity index (χ2n) is 4.27. The van der Waals surface area contributed by atoms with E-state index in [1.807, 2.05) is 0 Å². The number of benzene rings is 1. The van der Waals surface area contributed by atoms with Crippen LogP contribution in [0.5, 0.6) is 0 Å². The number of rotatable bonds is 3. The normalized spacial score (nSPS) is 17.1. The minimum absolute atomic E-state index is 0.168. The number of anilines is 1. The summed E-state index contributed by atoms with van der Waals surface area (Å²) in [6, 6.07) is 4.57. The minimum atomic E-state index is -3.29. The summed E-state index contributed by atoms with van der Waals surface area (Å²) in [5.41, 5.74) is 6.01. The Kier molecular flexibility index (Phi) is 3.13. The summed E-state index contributed by atoms with van der Waals surface area (Å²) < 4.78 is 24.1. The topological polar surface area (TPSA) is 60.2 Å². The van der Waals surface area contributed by atoms with Crippen LogP contribution < -0.4 is 5.73 Å². The zero-order valence-corrected chi connectivity index (χ0v) is 10.4. The lowest BCUT2D eigenvalue weighted by atomic mass is 9.87. The summed E-state index contributed by atoms with van der Waals surface area (Å²) in [6.45, 7) is 0. The maximum absolute atomic E-state index is 12.1. The maximum Gasteiger partial charge on any atom is 0.180 e. The zero-order valence-electron chi connectivity index (χ0n) is 8.82. The van der Waals surface area contributed by atoms with Crippen LogP contribution in [-0.2, 0) is 9.84 Å². The molecule has 3 nitrogen and oxygen atoms in total. The molecule has 0 amide bonds. The summed E-state index contributed by atoms with van der Waals surface area (Å²) in [4.78, 5) is 0.168. The van der Waals surface area contributed by atoms with E-state index in [2.05, 4.69) is 0 Å². The molecule has 5 heteroatoms. The molecule has 0 aromatic heterocycles. The second-order valence-corrected chi connectivity index (χ2v) is 6.68. The molecule has 0 bridgehead atoms. The van der Waals surface area contributed by atoms with Crippen LogP contribution in [0, 0.1) is 5.92 Å². The van der Waals surface area contributed by atoms with Crippen molar-refractivity contribution in [1.29, 1.82) is 0 Å². The van der Waals surface area contributed by atoms with Crippen LogP contribution in [0.3, 0.4) is 0 Å². The van der Waals surface area contributed by atoms with Gasteiger partial charge in [-0.1, -0.05) is 18.0 Å². The van der Waals surface area contributed by atoms with E-state index in [0.29, 0.717) is 11.6 Å². The van der Waals surface area contributed by atoms with Crippen LogP contribution in [0.15, 0.2) is 23.1 Å². The Morgan fingerprint density at radius 3 is 2.62 bits per heavy atom. The molecule has 1 aromatic carbocycles. The number of sulfone groups is 1. The number of hydrogen-bond donors (Lipinski definition) is 1. The van der Waals surface area contributed by atoms with E-state index in [1.165, 1.54) is 12.1 Å². The first-order valence-electron chi connectivity index (χ1n) is 5.27. The Balaban J connectivity index is 2.30. The fraction of sp³-hybridized carbons (Fsp3) is 0.455. The summed E-state index contributed by atoms with van der Waals surface area (Å²) in [6.07, 6.45) is 3.13. The van der Waals surface area contributed by atoms with Crippen molar-refractivity contribution in [2.24, 2.45) is 5.92 Å². The Labute approximate surface area is 101 Å². The van der Waals surface area contributed by atoms with Crippen molar-refractivity contribution in [3.8, 4) is 0 Å². The highest BCUT2D eigenvalue weighted by Gasteiger charge is 2.27. The molecule has 0 aliphatic heterocycles. The van der Waals surface area contributed by atoms with Crippen molar-refractivity contribution < 1.29 is 8.42 Å². The Morgan fingerprint density at radius 1 is 1.38 bits per heavy atom. The molecular formula is C11H14ClNO2S. The first-order chi connectivity index (χ1) is 7.49. The van der Waals surface area contributed by atoms with Crippen molar-refractivity contribution >= 4 is 27.1 Å². The van der Waals surface area contributed by atoms with E-state index in [-0.39, 0.29) is 15.7 Å². The van der Waals surface area contributed by atoms with Gasteiger partial charge in [0.2, 0.25) is 0 Å². The number of nitrogens with two attached hydrogens (primary N) is 1. The molecule has 0 unspecified atom stereocenters. The Morgan fingerprint density at radius 2 is 2.06 bits per heavy atom. The van der Waals surface area contributed by atoms with Gasteiger partial charge in [-0.15, -0.1) is 0 Å². The lowest BCUT2D eigenvalue weighted by Crippen LogP contribution is -2.22. The fourth-order valence-corrected chi connectivity index (χ4v) is 4.10. The van der Waals surface area contributed by atoms with Gasteiger partial charge in [0, 0.05) is 5.69 Å². The van der Waals surface area contributed by atoms with Crippen molar-refractivity contribution in [2.75, 3.05) is 11.5 Å². The van der Waals surface area contributed by atoms with E-state index in [9.17, 15) is 8.42 Å². The average Bonchev–Trinajstić information content (AvgIpc) is 2.16. The first kappa shape index (κ1) is 11.7. The molecule has 1 aliphatic carbocycles. The van der Waals surface area contributed by atoms with Crippen LogP contribution in [-0.4, -0.2) is 14.2 Å². The maximum atomic E-state index is 12.1. The highest BCUT2D eigenvalue weighted by Crippen LogP contribution is 2.32. The van der Waals surface area contributed by atoms with Gasteiger partial charge in [-0.3, -0.25) is 0 Å². The molecule has 0 atom stereocenters. The van der Waals surface area contributed by atoms with E-state index in [4.69, 9.17) is 17.3 Å². The third-order valence-corrected chi connectivity index (χ3v) is 5.33. The zero-order chi connectivity index (χ0) is 11.8. The van der Waals surface area contributed by atoms with E-state index in [1.54, 1.807) is 6.07 Å². The molecule has 1 saturated carbocycles. The van der Waals surface area contributed by atoms with Gasteiger partial charge in [-0.2, -0.15) is 0 Å². The Bertz CT molecular complexity index is 495. The van der Waals surface area contributed by atoms with E-state index >= 15 is 0 Å². The van der Waals surface area contributed by atoms with Crippen LogP contribution in [0.1, 0.15) is 19.3 Å². The molecule has 2 N–H and O–H groups in total. The van der Waals surface area contributed by atoms with Gasteiger partial charge in [0.25, 0.3) is 0 Å². The van der Waals surface area contributed by atoms with Gasteiger partial charge >= 0.3 is 0 Å².